The highest BCUT2D eigenvalue weighted by molar-refractivity contribution is 5.71. The molecule has 0 saturated carbocycles. The van der Waals surface area contributed by atoms with Crippen LogP contribution in [0.2, 0.25) is 0 Å². The number of nitrogens with one attached hydrogen (secondary N) is 1. The van der Waals surface area contributed by atoms with Gasteiger partial charge >= 0.3 is 6.03 Å². The summed E-state index contributed by atoms with van der Waals surface area (Å²) in [5.74, 6) is 0. The maximum Gasteiger partial charge on any atom is 0.312 e. The van der Waals surface area contributed by atoms with Gasteiger partial charge in [0.2, 0.25) is 0 Å². The second-order valence-electron chi connectivity index (χ2n) is 1.29. The zero-order valence-corrected chi connectivity index (χ0v) is 6.71. The summed E-state index contributed by atoms with van der Waals surface area (Å²) < 4.78 is 0. The first kappa shape index (κ1) is 16.2. The zero-order valence-electron chi connectivity index (χ0n) is 6.71. The van der Waals surface area contributed by atoms with Crippen molar-refractivity contribution >= 4 is 6.03 Å². The third-order valence-corrected chi connectivity index (χ3v) is 0.549. The van der Waals surface area contributed by atoms with Gasteiger partial charge in [-0.05, 0) is 6.42 Å². The highest BCUT2D eigenvalue weighted by Crippen LogP contribution is 1.66. The average Bonchev–Trinajstić information content (AvgIpc) is 2.08. The topological polar surface area (TPSA) is 55.1 Å². The fourth-order valence-corrected chi connectivity index (χ4v) is 0.248. The molecule has 0 unspecified atom stereocenters. The number of rotatable bonds is 2. The van der Waals surface area contributed by atoms with E-state index >= 15 is 0 Å². The van der Waals surface area contributed by atoms with Gasteiger partial charge < -0.3 is 11.1 Å². The molecule has 0 spiro atoms. The quantitative estimate of drug-likeness (QED) is 0.561. The Kier molecular flexibility index (Phi) is 35.0. The largest absolute Gasteiger partial charge is 0.352 e. The Hall–Kier alpha value is -1.61. The molecule has 0 heterocycles. The molecular formula is C8H14N2O. The van der Waals surface area contributed by atoms with Crippen LogP contribution >= 0.6 is 0 Å². The van der Waals surface area contributed by atoms with Crippen LogP contribution in [0.5, 0.6) is 0 Å². The lowest BCUT2D eigenvalue weighted by Gasteiger charge is -1.93. The number of amides is 2. The molecule has 3 nitrogen and oxygen atoms in total. The van der Waals surface area contributed by atoms with Gasteiger partial charge in [-0.15, -0.1) is 25.7 Å². The molecular weight excluding hydrogens is 140 g/mol. The van der Waals surface area contributed by atoms with Gasteiger partial charge in [0, 0.05) is 6.54 Å². The van der Waals surface area contributed by atoms with Gasteiger partial charge in [0.05, 0.1) is 0 Å². The molecule has 0 aromatic heterocycles. The number of carbonyl (C=O) groups is 1. The SMILES string of the molecule is C#C.C#C.CCCNC(N)=O. The summed E-state index contributed by atoms with van der Waals surface area (Å²) in [4.78, 5) is 9.87. The van der Waals surface area contributed by atoms with Gasteiger partial charge in [-0.3, -0.25) is 0 Å². The third kappa shape index (κ3) is 60.0. The number of terminal acetylenes is 2. The molecule has 0 aromatic rings. The van der Waals surface area contributed by atoms with Crippen molar-refractivity contribution in [2.75, 3.05) is 6.54 Å². The number of carbonyl (C=O) groups excluding carboxylic acids is 1. The molecule has 0 bridgehead atoms. The summed E-state index contributed by atoms with van der Waals surface area (Å²) in [7, 11) is 0. The van der Waals surface area contributed by atoms with Crippen LogP contribution in [0, 0.1) is 25.7 Å². The molecule has 0 rings (SSSR count). The Balaban J connectivity index is -0.000000138. The summed E-state index contributed by atoms with van der Waals surface area (Å²) in [6.07, 6.45) is 16.9. The highest BCUT2D eigenvalue weighted by atomic mass is 16.2. The van der Waals surface area contributed by atoms with Gasteiger partial charge in [-0.25, -0.2) is 4.79 Å². The van der Waals surface area contributed by atoms with E-state index in [1.807, 2.05) is 6.92 Å². The normalized spacial score (nSPS) is 5.55. The molecule has 2 amide bonds. The van der Waals surface area contributed by atoms with Crippen LogP contribution in [0.1, 0.15) is 13.3 Å². The maximum absolute atomic E-state index is 9.87. The Morgan fingerprint density at radius 1 is 1.36 bits per heavy atom. The summed E-state index contributed by atoms with van der Waals surface area (Å²) in [5.41, 5.74) is 4.73. The molecule has 3 N–H and O–H groups in total. The smallest absolute Gasteiger partial charge is 0.312 e. The van der Waals surface area contributed by atoms with E-state index in [9.17, 15) is 4.79 Å². The van der Waals surface area contributed by atoms with Crippen molar-refractivity contribution in [2.45, 2.75) is 13.3 Å². The molecule has 0 aromatic carbocycles. The Labute approximate surface area is 68.4 Å². The second-order valence-corrected chi connectivity index (χ2v) is 1.29. The van der Waals surface area contributed by atoms with E-state index in [0.717, 1.165) is 6.42 Å². The van der Waals surface area contributed by atoms with Crippen LogP contribution in [0.4, 0.5) is 4.79 Å². The number of hydrogen-bond donors (Lipinski definition) is 2. The average molecular weight is 154 g/mol. The van der Waals surface area contributed by atoms with Crippen molar-refractivity contribution in [2.24, 2.45) is 5.73 Å². The minimum Gasteiger partial charge on any atom is -0.352 e. The van der Waals surface area contributed by atoms with Gasteiger partial charge in [0.1, 0.15) is 0 Å². The first-order valence-corrected chi connectivity index (χ1v) is 2.97. The van der Waals surface area contributed by atoms with Gasteiger partial charge in [0.25, 0.3) is 0 Å². The minimum atomic E-state index is -0.443. The van der Waals surface area contributed by atoms with E-state index in [1.165, 1.54) is 0 Å². The lowest BCUT2D eigenvalue weighted by Crippen LogP contribution is -2.29. The van der Waals surface area contributed by atoms with Crippen molar-refractivity contribution in [3.8, 4) is 25.7 Å². The molecule has 0 saturated heterocycles. The van der Waals surface area contributed by atoms with Crippen LogP contribution in [-0.2, 0) is 0 Å². The number of nitrogens with two attached hydrogens (primary N) is 1. The number of primary amides is 1. The van der Waals surface area contributed by atoms with Crippen molar-refractivity contribution in [3.63, 3.8) is 0 Å². The monoisotopic (exact) mass is 154 g/mol. The molecule has 3 heteroatoms. The number of urea groups is 1. The predicted octanol–water partition coefficient (Wildman–Crippen LogP) is 0.564. The molecule has 0 aliphatic heterocycles. The van der Waals surface area contributed by atoms with Crippen molar-refractivity contribution in [1.29, 1.82) is 0 Å². The first-order valence-electron chi connectivity index (χ1n) is 2.97. The summed E-state index contributed by atoms with van der Waals surface area (Å²) in [6.45, 7) is 2.64. The van der Waals surface area contributed by atoms with Gasteiger partial charge in [-0.1, -0.05) is 6.92 Å². The fraction of sp³-hybridized carbons (Fsp3) is 0.375. The highest BCUT2D eigenvalue weighted by Gasteiger charge is 1.83. The van der Waals surface area contributed by atoms with Crippen LogP contribution in [0.3, 0.4) is 0 Å². The van der Waals surface area contributed by atoms with Crippen LogP contribution in [0.25, 0.3) is 0 Å². The van der Waals surface area contributed by atoms with E-state index in [1.54, 1.807) is 0 Å². The minimum absolute atomic E-state index is 0.443. The molecule has 0 aliphatic carbocycles. The van der Waals surface area contributed by atoms with E-state index in [-0.39, 0.29) is 0 Å². The Morgan fingerprint density at radius 2 is 1.73 bits per heavy atom. The number of hydrogen-bond acceptors (Lipinski definition) is 1. The standard InChI is InChI=1S/C4H10N2O.2C2H2/c1-2-3-6-4(5)7;2*1-2/h2-3H2,1H3,(H3,5,6,7);2*1-2H. The molecule has 11 heavy (non-hydrogen) atoms. The fourth-order valence-electron chi connectivity index (χ4n) is 0.248. The summed E-state index contributed by atoms with van der Waals surface area (Å²) in [5, 5.41) is 2.43. The third-order valence-electron chi connectivity index (χ3n) is 0.549. The lowest BCUT2D eigenvalue weighted by atomic mass is 10.5. The van der Waals surface area contributed by atoms with E-state index < -0.39 is 6.03 Å². The van der Waals surface area contributed by atoms with Crippen LogP contribution in [0.15, 0.2) is 0 Å². The summed E-state index contributed by atoms with van der Waals surface area (Å²) in [6, 6.07) is -0.443. The van der Waals surface area contributed by atoms with E-state index in [0.29, 0.717) is 6.54 Å². The molecule has 0 fully saturated rings. The first-order chi connectivity index (χ1) is 5.27. The molecule has 0 radical (unpaired) electrons. The molecule has 0 aliphatic rings. The van der Waals surface area contributed by atoms with Gasteiger partial charge in [0.15, 0.2) is 0 Å². The van der Waals surface area contributed by atoms with Crippen molar-refractivity contribution < 1.29 is 4.79 Å². The van der Waals surface area contributed by atoms with Crippen molar-refractivity contribution in [1.82, 2.24) is 5.32 Å². The predicted molar refractivity (Wildman–Crippen MR) is 47.7 cm³/mol. The Bertz CT molecular complexity index is 110. The van der Waals surface area contributed by atoms with Crippen molar-refractivity contribution in [3.05, 3.63) is 0 Å². The summed E-state index contributed by atoms with van der Waals surface area (Å²) >= 11 is 0. The molecule has 0 atom stereocenters. The zero-order chi connectivity index (χ0) is 9.70. The molecule has 62 valence electrons. The Morgan fingerprint density at radius 3 is 1.82 bits per heavy atom. The lowest BCUT2D eigenvalue weighted by molar-refractivity contribution is 0.249. The van der Waals surface area contributed by atoms with E-state index in [4.69, 9.17) is 5.73 Å². The van der Waals surface area contributed by atoms with Crippen LogP contribution in [-0.4, -0.2) is 12.6 Å². The van der Waals surface area contributed by atoms with E-state index in [2.05, 4.69) is 31.0 Å². The van der Waals surface area contributed by atoms with Gasteiger partial charge in [-0.2, -0.15) is 0 Å². The van der Waals surface area contributed by atoms with Crippen LogP contribution < -0.4 is 11.1 Å². The second kappa shape index (κ2) is 23.8. The maximum atomic E-state index is 9.87.